The van der Waals surface area contributed by atoms with Crippen molar-refractivity contribution < 1.29 is 0 Å². The van der Waals surface area contributed by atoms with Gasteiger partial charge in [-0.25, -0.2) is 0 Å². The summed E-state index contributed by atoms with van der Waals surface area (Å²) in [6.07, 6.45) is 3.30. The van der Waals surface area contributed by atoms with Crippen LogP contribution in [0.5, 0.6) is 0 Å². The lowest BCUT2D eigenvalue weighted by Gasteiger charge is -2.00. The second kappa shape index (κ2) is 5.27. The number of rotatable bonds is 4. The van der Waals surface area contributed by atoms with E-state index >= 15 is 0 Å². The summed E-state index contributed by atoms with van der Waals surface area (Å²) in [4.78, 5) is 4.21. The van der Waals surface area contributed by atoms with Gasteiger partial charge in [0.05, 0.1) is 5.84 Å². The second-order valence-electron chi connectivity index (χ2n) is 2.82. The van der Waals surface area contributed by atoms with Crippen LogP contribution < -0.4 is 5.73 Å². The van der Waals surface area contributed by atoms with Gasteiger partial charge in [-0.1, -0.05) is 13.3 Å². The Morgan fingerprint density at radius 2 is 2.10 bits per heavy atom. The molecule has 0 aromatic carbocycles. The predicted molar refractivity (Wildman–Crippen MR) is 46.3 cm³/mol. The molecule has 2 nitrogen and oxygen atoms in total. The minimum Gasteiger partial charge on any atom is -0.387 e. The molecule has 0 aliphatic rings. The Morgan fingerprint density at radius 3 is 2.50 bits per heavy atom. The fourth-order valence-electron chi connectivity index (χ4n) is 0.754. The standard InChI is InChI=1S/C8H18N2/c1-4-5-6-8(9)10-7(2)3/h7H,4-6H2,1-3H3,(H2,9,10). The maximum absolute atomic E-state index is 5.61. The van der Waals surface area contributed by atoms with Gasteiger partial charge in [-0.3, -0.25) is 4.99 Å². The molecule has 0 fully saturated rings. The summed E-state index contributed by atoms with van der Waals surface area (Å²) in [7, 11) is 0. The van der Waals surface area contributed by atoms with E-state index in [1.807, 2.05) is 13.8 Å². The normalized spacial score (nSPS) is 12.6. The first kappa shape index (κ1) is 9.47. The smallest absolute Gasteiger partial charge is 0.0940 e. The highest BCUT2D eigenvalue weighted by atomic mass is 14.9. The van der Waals surface area contributed by atoms with Crippen molar-refractivity contribution in [3.05, 3.63) is 0 Å². The van der Waals surface area contributed by atoms with Gasteiger partial charge < -0.3 is 5.73 Å². The van der Waals surface area contributed by atoms with Crippen LogP contribution in [0.2, 0.25) is 0 Å². The number of hydrogen-bond acceptors (Lipinski definition) is 1. The third-order valence-corrected chi connectivity index (χ3v) is 1.21. The minimum absolute atomic E-state index is 0.344. The van der Waals surface area contributed by atoms with E-state index in [1.165, 1.54) is 6.42 Å². The van der Waals surface area contributed by atoms with Crippen molar-refractivity contribution in [1.82, 2.24) is 0 Å². The van der Waals surface area contributed by atoms with E-state index < -0.39 is 0 Å². The first-order valence-electron chi connectivity index (χ1n) is 3.99. The molecule has 0 aliphatic carbocycles. The molecule has 0 aliphatic heterocycles. The summed E-state index contributed by atoms with van der Waals surface area (Å²) in [5.41, 5.74) is 5.61. The Balaban J connectivity index is 3.49. The molecule has 60 valence electrons. The minimum atomic E-state index is 0.344. The summed E-state index contributed by atoms with van der Waals surface area (Å²) < 4.78 is 0. The van der Waals surface area contributed by atoms with Gasteiger partial charge in [-0.15, -0.1) is 0 Å². The zero-order chi connectivity index (χ0) is 7.98. The summed E-state index contributed by atoms with van der Waals surface area (Å²) in [5.74, 6) is 0.803. The molecular weight excluding hydrogens is 124 g/mol. The predicted octanol–water partition coefficient (Wildman–Crippen LogP) is 1.94. The van der Waals surface area contributed by atoms with Crippen LogP contribution in [0.4, 0.5) is 0 Å². The lowest BCUT2D eigenvalue weighted by molar-refractivity contribution is 0.794. The van der Waals surface area contributed by atoms with Crippen molar-refractivity contribution in [3.8, 4) is 0 Å². The van der Waals surface area contributed by atoms with Crippen molar-refractivity contribution in [1.29, 1.82) is 0 Å². The van der Waals surface area contributed by atoms with Gasteiger partial charge in [-0.05, 0) is 20.3 Å². The molecule has 0 radical (unpaired) electrons. The van der Waals surface area contributed by atoms with E-state index in [0.29, 0.717) is 6.04 Å². The molecule has 10 heavy (non-hydrogen) atoms. The van der Waals surface area contributed by atoms with Crippen molar-refractivity contribution in [3.63, 3.8) is 0 Å². The molecule has 2 heteroatoms. The topological polar surface area (TPSA) is 38.4 Å². The van der Waals surface area contributed by atoms with Gasteiger partial charge in [0.1, 0.15) is 0 Å². The van der Waals surface area contributed by atoms with Gasteiger partial charge in [0.25, 0.3) is 0 Å². The summed E-state index contributed by atoms with van der Waals surface area (Å²) in [6, 6.07) is 0.344. The zero-order valence-electron chi connectivity index (χ0n) is 7.22. The Kier molecular flexibility index (Phi) is 4.99. The van der Waals surface area contributed by atoms with Gasteiger partial charge in [0, 0.05) is 12.5 Å². The van der Waals surface area contributed by atoms with E-state index in [1.54, 1.807) is 0 Å². The van der Waals surface area contributed by atoms with Crippen LogP contribution in [0, 0.1) is 0 Å². The molecule has 0 bridgehead atoms. The van der Waals surface area contributed by atoms with Crippen LogP contribution in [-0.2, 0) is 0 Å². The van der Waals surface area contributed by atoms with Crippen molar-refractivity contribution in [2.24, 2.45) is 10.7 Å². The zero-order valence-corrected chi connectivity index (χ0v) is 7.22. The number of unbranched alkanes of at least 4 members (excludes halogenated alkanes) is 1. The van der Waals surface area contributed by atoms with E-state index in [2.05, 4.69) is 11.9 Å². The van der Waals surface area contributed by atoms with Crippen LogP contribution in [0.1, 0.15) is 40.0 Å². The van der Waals surface area contributed by atoms with Crippen LogP contribution in [0.3, 0.4) is 0 Å². The number of amidine groups is 1. The lowest BCUT2D eigenvalue weighted by Crippen LogP contribution is -2.13. The average Bonchev–Trinajstić information content (AvgIpc) is 1.82. The molecule has 0 amide bonds. The monoisotopic (exact) mass is 142 g/mol. The SMILES string of the molecule is CCCCC(N)=NC(C)C. The number of nitrogens with zero attached hydrogens (tertiary/aromatic N) is 1. The first-order valence-corrected chi connectivity index (χ1v) is 3.99. The molecule has 0 heterocycles. The van der Waals surface area contributed by atoms with Gasteiger partial charge in [-0.2, -0.15) is 0 Å². The van der Waals surface area contributed by atoms with E-state index in [9.17, 15) is 0 Å². The molecule has 0 saturated heterocycles. The maximum atomic E-state index is 5.61. The molecule has 0 aromatic heterocycles. The molecule has 0 rings (SSSR count). The van der Waals surface area contributed by atoms with Crippen molar-refractivity contribution in [2.75, 3.05) is 0 Å². The third-order valence-electron chi connectivity index (χ3n) is 1.21. The molecule has 0 unspecified atom stereocenters. The number of hydrogen-bond donors (Lipinski definition) is 1. The highest BCUT2D eigenvalue weighted by Crippen LogP contribution is 1.95. The van der Waals surface area contributed by atoms with Gasteiger partial charge in [0.2, 0.25) is 0 Å². The van der Waals surface area contributed by atoms with Crippen LogP contribution in [0.15, 0.2) is 4.99 Å². The summed E-state index contributed by atoms with van der Waals surface area (Å²) in [6.45, 7) is 6.24. The average molecular weight is 142 g/mol. The number of aliphatic imine (C=N–C) groups is 1. The highest BCUT2D eigenvalue weighted by molar-refractivity contribution is 5.80. The Bertz CT molecular complexity index is 106. The van der Waals surface area contributed by atoms with Gasteiger partial charge >= 0.3 is 0 Å². The highest BCUT2D eigenvalue weighted by Gasteiger charge is 1.92. The molecule has 0 spiro atoms. The Morgan fingerprint density at radius 1 is 1.50 bits per heavy atom. The lowest BCUT2D eigenvalue weighted by atomic mass is 10.2. The molecule has 2 N–H and O–H groups in total. The van der Waals surface area contributed by atoms with Crippen molar-refractivity contribution in [2.45, 2.75) is 46.1 Å². The second-order valence-corrected chi connectivity index (χ2v) is 2.82. The molecule has 0 saturated carbocycles. The molecule has 0 aromatic rings. The largest absolute Gasteiger partial charge is 0.387 e. The van der Waals surface area contributed by atoms with E-state index in [-0.39, 0.29) is 0 Å². The molecule has 0 atom stereocenters. The number of nitrogens with two attached hydrogens (primary N) is 1. The third kappa shape index (κ3) is 5.60. The fourth-order valence-corrected chi connectivity index (χ4v) is 0.754. The van der Waals surface area contributed by atoms with E-state index in [0.717, 1.165) is 18.7 Å². The molecular formula is C8H18N2. The van der Waals surface area contributed by atoms with Crippen LogP contribution in [-0.4, -0.2) is 11.9 Å². The van der Waals surface area contributed by atoms with Crippen LogP contribution in [0.25, 0.3) is 0 Å². The summed E-state index contributed by atoms with van der Waals surface area (Å²) in [5, 5.41) is 0. The Labute approximate surface area is 63.5 Å². The fraction of sp³-hybridized carbons (Fsp3) is 0.875. The van der Waals surface area contributed by atoms with Crippen LogP contribution >= 0.6 is 0 Å². The quantitative estimate of drug-likeness (QED) is 0.473. The Hall–Kier alpha value is -0.530. The first-order chi connectivity index (χ1) is 4.66. The van der Waals surface area contributed by atoms with Crippen molar-refractivity contribution >= 4 is 5.84 Å². The van der Waals surface area contributed by atoms with E-state index in [4.69, 9.17) is 5.73 Å². The maximum Gasteiger partial charge on any atom is 0.0940 e. The van der Waals surface area contributed by atoms with Gasteiger partial charge in [0.15, 0.2) is 0 Å². The summed E-state index contributed by atoms with van der Waals surface area (Å²) >= 11 is 0.